The lowest BCUT2D eigenvalue weighted by molar-refractivity contribution is 0.0937. The molecule has 0 saturated heterocycles. The Kier molecular flexibility index (Phi) is 7.06. The van der Waals surface area contributed by atoms with Crippen molar-refractivity contribution in [3.05, 3.63) is 28.2 Å². The van der Waals surface area contributed by atoms with Gasteiger partial charge in [-0.2, -0.15) is 0 Å². The maximum atomic E-state index is 12.1. The molecule has 0 spiro atoms. The minimum atomic E-state index is -0.0367. The summed E-state index contributed by atoms with van der Waals surface area (Å²) in [6, 6.07) is 5.55. The summed E-state index contributed by atoms with van der Waals surface area (Å²) in [6.07, 6.45) is 3.36. The van der Waals surface area contributed by atoms with Crippen LogP contribution in [0.15, 0.2) is 22.7 Å². The van der Waals surface area contributed by atoms with E-state index in [2.05, 4.69) is 42.0 Å². The third-order valence-corrected chi connectivity index (χ3v) is 3.83. The van der Waals surface area contributed by atoms with Crippen LogP contribution >= 0.6 is 15.9 Å². The van der Waals surface area contributed by atoms with E-state index in [-0.39, 0.29) is 11.9 Å². The molecule has 1 atom stereocenters. The van der Waals surface area contributed by atoms with Gasteiger partial charge in [0.15, 0.2) is 0 Å². The molecule has 1 rings (SSSR count). The van der Waals surface area contributed by atoms with Crippen molar-refractivity contribution in [3.63, 3.8) is 0 Å². The molecule has 0 bridgehead atoms. The fourth-order valence-electron chi connectivity index (χ4n) is 2.02. The SMILES string of the molecule is COc1ccc(C(=O)NC(C)CCCC(C)C)cc1Br. The second kappa shape index (κ2) is 8.30. The van der Waals surface area contributed by atoms with Crippen LogP contribution in [-0.4, -0.2) is 19.1 Å². The Morgan fingerprint density at radius 1 is 1.30 bits per heavy atom. The van der Waals surface area contributed by atoms with Gasteiger partial charge in [0.1, 0.15) is 5.75 Å². The van der Waals surface area contributed by atoms with Crippen LogP contribution in [0.1, 0.15) is 50.4 Å². The highest BCUT2D eigenvalue weighted by Gasteiger charge is 2.11. The average molecular weight is 342 g/mol. The van der Waals surface area contributed by atoms with E-state index in [1.165, 1.54) is 6.42 Å². The number of ether oxygens (including phenoxy) is 1. The molecule has 0 aliphatic carbocycles. The smallest absolute Gasteiger partial charge is 0.251 e. The van der Waals surface area contributed by atoms with Gasteiger partial charge in [0.2, 0.25) is 0 Å². The molecule has 112 valence electrons. The van der Waals surface area contributed by atoms with Gasteiger partial charge in [-0.05, 0) is 53.4 Å². The monoisotopic (exact) mass is 341 g/mol. The Morgan fingerprint density at radius 3 is 2.55 bits per heavy atom. The normalized spacial score (nSPS) is 12.3. The summed E-state index contributed by atoms with van der Waals surface area (Å²) in [7, 11) is 1.61. The first-order valence-electron chi connectivity index (χ1n) is 7.08. The number of halogens is 1. The standard InChI is InChI=1S/C16H24BrNO2/c1-11(2)6-5-7-12(3)18-16(19)13-8-9-15(20-4)14(17)10-13/h8-12H,5-7H2,1-4H3,(H,18,19). The van der Waals surface area contributed by atoms with E-state index in [1.54, 1.807) is 25.3 Å². The van der Waals surface area contributed by atoms with Crippen LogP contribution < -0.4 is 10.1 Å². The summed E-state index contributed by atoms with van der Waals surface area (Å²) >= 11 is 3.39. The van der Waals surface area contributed by atoms with Gasteiger partial charge in [0, 0.05) is 11.6 Å². The van der Waals surface area contributed by atoms with Crippen molar-refractivity contribution >= 4 is 21.8 Å². The molecular formula is C16H24BrNO2. The van der Waals surface area contributed by atoms with Gasteiger partial charge in [-0.25, -0.2) is 0 Å². The number of amides is 1. The van der Waals surface area contributed by atoms with Crippen LogP contribution in [0.3, 0.4) is 0 Å². The zero-order valence-electron chi connectivity index (χ0n) is 12.7. The first-order chi connectivity index (χ1) is 9.43. The lowest BCUT2D eigenvalue weighted by atomic mass is 10.0. The highest BCUT2D eigenvalue weighted by molar-refractivity contribution is 9.10. The van der Waals surface area contributed by atoms with Gasteiger partial charge < -0.3 is 10.1 Å². The minimum absolute atomic E-state index is 0.0367. The Labute approximate surface area is 130 Å². The topological polar surface area (TPSA) is 38.3 Å². The van der Waals surface area contributed by atoms with E-state index in [9.17, 15) is 4.79 Å². The van der Waals surface area contributed by atoms with Crippen molar-refractivity contribution in [2.75, 3.05) is 7.11 Å². The molecule has 1 aromatic carbocycles. The number of benzene rings is 1. The third kappa shape index (κ3) is 5.53. The number of rotatable bonds is 7. The van der Waals surface area contributed by atoms with Crippen molar-refractivity contribution in [1.29, 1.82) is 0 Å². The molecule has 0 radical (unpaired) electrons. The van der Waals surface area contributed by atoms with Gasteiger partial charge in [0.05, 0.1) is 11.6 Å². The second-order valence-corrected chi connectivity index (χ2v) is 6.40. The van der Waals surface area contributed by atoms with Gasteiger partial charge in [-0.3, -0.25) is 4.79 Å². The number of nitrogens with one attached hydrogen (secondary N) is 1. The van der Waals surface area contributed by atoms with E-state index in [0.717, 1.165) is 29.0 Å². The first-order valence-corrected chi connectivity index (χ1v) is 7.87. The Morgan fingerprint density at radius 2 is 2.00 bits per heavy atom. The van der Waals surface area contributed by atoms with Gasteiger partial charge in [-0.15, -0.1) is 0 Å². The molecule has 1 unspecified atom stereocenters. The molecule has 0 aromatic heterocycles. The lowest BCUT2D eigenvalue weighted by Gasteiger charge is -2.15. The number of hydrogen-bond acceptors (Lipinski definition) is 2. The summed E-state index contributed by atoms with van der Waals surface area (Å²) in [5.74, 6) is 1.41. The summed E-state index contributed by atoms with van der Waals surface area (Å²) in [5, 5.41) is 3.03. The van der Waals surface area contributed by atoms with Crippen LogP contribution in [0.2, 0.25) is 0 Å². The quantitative estimate of drug-likeness (QED) is 0.797. The Bertz CT molecular complexity index is 446. The van der Waals surface area contributed by atoms with Gasteiger partial charge in [0.25, 0.3) is 5.91 Å². The van der Waals surface area contributed by atoms with Crippen molar-refractivity contribution < 1.29 is 9.53 Å². The van der Waals surface area contributed by atoms with Gasteiger partial charge >= 0.3 is 0 Å². The van der Waals surface area contributed by atoms with Crippen LogP contribution in [-0.2, 0) is 0 Å². The maximum absolute atomic E-state index is 12.1. The molecule has 20 heavy (non-hydrogen) atoms. The van der Waals surface area contributed by atoms with Crippen molar-refractivity contribution in [3.8, 4) is 5.75 Å². The van der Waals surface area contributed by atoms with Crippen LogP contribution in [0.4, 0.5) is 0 Å². The highest BCUT2D eigenvalue weighted by atomic mass is 79.9. The highest BCUT2D eigenvalue weighted by Crippen LogP contribution is 2.25. The number of carbonyl (C=O) groups excluding carboxylic acids is 1. The van der Waals surface area contributed by atoms with Crippen molar-refractivity contribution in [2.45, 2.75) is 46.1 Å². The fraction of sp³-hybridized carbons (Fsp3) is 0.562. The first kappa shape index (κ1) is 17.0. The molecule has 1 N–H and O–H groups in total. The van der Waals surface area contributed by atoms with E-state index in [0.29, 0.717) is 5.56 Å². The molecule has 0 aliphatic rings. The zero-order valence-corrected chi connectivity index (χ0v) is 14.3. The predicted octanol–water partition coefficient (Wildman–Crippen LogP) is 4.40. The molecule has 3 nitrogen and oxygen atoms in total. The molecule has 0 aliphatic heterocycles. The minimum Gasteiger partial charge on any atom is -0.496 e. The second-order valence-electron chi connectivity index (χ2n) is 5.55. The van der Waals surface area contributed by atoms with Crippen LogP contribution in [0, 0.1) is 5.92 Å². The largest absolute Gasteiger partial charge is 0.496 e. The fourth-order valence-corrected chi connectivity index (χ4v) is 2.56. The maximum Gasteiger partial charge on any atom is 0.251 e. The lowest BCUT2D eigenvalue weighted by Crippen LogP contribution is -2.32. The average Bonchev–Trinajstić information content (AvgIpc) is 2.38. The summed E-state index contributed by atoms with van der Waals surface area (Å²) in [5.41, 5.74) is 0.647. The summed E-state index contributed by atoms with van der Waals surface area (Å²) < 4.78 is 5.95. The van der Waals surface area contributed by atoms with Gasteiger partial charge in [-0.1, -0.05) is 26.7 Å². The molecule has 4 heteroatoms. The molecule has 0 saturated carbocycles. The molecular weight excluding hydrogens is 318 g/mol. The van der Waals surface area contributed by atoms with E-state index in [4.69, 9.17) is 4.74 Å². The van der Waals surface area contributed by atoms with Crippen LogP contribution in [0.25, 0.3) is 0 Å². The molecule has 1 amide bonds. The van der Waals surface area contributed by atoms with Crippen LogP contribution in [0.5, 0.6) is 5.75 Å². The number of carbonyl (C=O) groups is 1. The molecule has 1 aromatic rings. The number of hydrogen-bond donors (Lipinski definition) is 1. The van der Waals surface area contributed by atoms with E-state index < -0.39 is 0 Å². The summed E-state index contributed by atoms with van der Waals surface area (Å²) in [6.45, 7) is 6.49. The third-order valence-electron chi connectivity index (χ3n) is 3.21. The van der Waals surface area contributed by atoms with E-state index >= 15 is 0 Å². The van der Waals surface area contributed by atoms with Crippen molar-refractivity contribution in [2.24, 2.45) is 5.92 Å². The Balaban J connectivity index is 2.51. The molecule has 0 heterocycles. The number of methoxy groups -OCH3 is 1. The molecule has 0 fully saturated rings. The predicted molar refractivity (Wildman–Crippen MR) is 86.3 cm³/mol. The summed E-state index contributed by atoms with van der Waals surface area (Å²) in [4.78, 5) is 12.1. The van der Waals surface area contributed by atoms with E-state index in [1.807, 2.05) is 0 Å². The Hall–Kier alpha value is -1.03. The zero-order chi connectivity index (χ0) is 15.1. The van der Waals surface area contributed by atoms with Crippen molar-refractivity contribution in [1.82, 2.24) is 5.32 Å².